The molecule has 2 aromatic heterocycles. The van der Waals surface area contributed by atoms with E-state index in [9.17, 15) is 14.9 Å². The maximum atomic E-state index is 12.6. The molecule has 1 amide bonds. The maximum Gasteiger partial charge on any atom is 0.293 e. The Morgan fingerprint density at radius 2 is 1.94 bits per heavy atom. The highest BCUT2D eigenvalue weighted by atomic mass is 32.2. The lowest BCUT2D eigenvalue weighted by atomic mass is 10.2. The fraction of sp³-hybridized carbons (Fsp3) is 0.130. The number of aryl methyl sites for hydroxylation is 1. The lowest BCUT2D eigenvalue weighted by Gasteiger charge is -2.11. The number of aromatic nitrogens is 4. The number of thioether (sulfide) groups is 1. The first-order valence-electron chi connectivity index (χ1n) is 10.1. The van der Waals surface area contributed by atoms with Crippen molar-refractivity contribution < 1.29 is 9.72 Å². The Morgan fingerprint density at radius 1 is 1.12 bits per heavy atom. The van der Waals surface area contributed by atoms with Gasteiger partial charge < -0.3 is 5.32 Å². The van der Waals surface area contributed by atoms with Crippen LogP contribution < -0.4 is 5.32 Å². The minimum Gasteiger partial charge on any atom is -0.320 e. The van der Waals surface area contributed by atoms with E-state index < -0.39 is 4.92 Å². The Bertz CT molecular complexity index is 1280. The van der Waals surface area contributed by atoms with Gasteiger partial charge in [0, 0.05) is 24.0 Å². The van der Waals surface area contributed by atoms with E-state index in [1.165, 1.54) is 23.9 Å². The van der Waals surface area contributed by atoms with Crippen LogP contribution in [0, 0.1) is 17.0 Å². The summed E-state index contributed by atoms with van der Waals surface area (Å²) in [5.74, 6) is 0.290. The van der Waals surface area contributed by atoms with Crippen molar-refractivity contribution in [3.8, 4) is 11.4 Å². The zero-order valence-corrected chi connectivity index (χ0v) is 18.5. The topological polar surface area (TPSA) is 116 Å². The fourth-order valence-corrected chi connectivity index (χ4v) is 3.97. The second kappa shape index (κ2) is 10.0. The van der Waals surface area contributed by atoms with Crippen molar-refractivity contribution in [3.05, 3.63) is 94.3 Å². The number of nitro groups is 1. The Morgan fingerprint density at radius 3 is 2.67 bits per heavy atom. The van der Waals surface area contributed by atoms with Crippen LogP contribution in [0.5, 0.6) is 0 Å². The summed E-state index contributed by atoms with van der Waals surface area (Å²) in [4.78, 5) is 27.5. The van der Waals surface area contributed by atoms with Crippen LogP contribution in [0.1, 0.15) is 11.1 Å². The quantitative estimate of drug-likeness (QED) is 0.236. The molecule has 0 aliphatic rings. The molecular weight excluding hydrogens is 440 g/mol. The summed E-state index contributed by atoms with van der Waals surface area (Å²) < 4.78 is 1.93. The number of nitrogens with one attached hydrogen (secondary N) is 1. The van der Waals surface area contributed by atoms with Gasteiger partial charge in [-0.05, 0) is 36.2 Å². The van der Waals surface area contributed by atoms with E-state index in [1.54, 1.807) is 25.4 Å². The summed E-state index contributed by atoms with van der Waals surface area (Å²) in [5, 5.41) is 23.1. The lowest BCUT2D eigenvalue weighted by Crippen LogP contribution is -2.16. The second-order valence-corrected chi connectivity index (χ2v) is 8.18. The van der Waals surface area contributed by atoms with Gasteiger partial charge in [-0.1, -0.05) is 48.2 Å². The molecule has 33 heavy (non-hydrogen) atoms. The lowest BCUT2D eigenvalue weighted by molar-refractivity contribution is -0.384. The van der Waals surface area contributed by atoms with Crippen LogP contribution in [0.2, 0.25) is 0 Å². The minimum absolute atomic E-state index is 0.0188. The largest absolute Gasteiger partial charge is 0.320 e. The Kier molecular flexibility index (Phi) is 6.75. The van der Waals surface area contributed by atoms with Crippen molar-refractivity contribution >= 4 is 29.0 Å². The Hall–Kier alpha value is -4.05. The van der Waals surface area contributed by atoms with Gasteiger partial charge in [0.1, 0.15) is 5.69 Å². The number of hydrogen-bond donors (Lipinski definition) is 1. The van der Waals surface area contributed by atoms with Crippen LogP contribution in [-0.4, -0.2) is 36.3 Å². The number of amides is 1. The molecular formula is C23H20N6O3S. The number of anilines is 1. The minimum atomic E-state index is -0.508. The number of rotatable bonds is 8. The molecule has 4 rings (SSSR count). The molecule has 0 spiro atoms. The van der Waals surface area contributed by atoms with Crippen LogP contribution in [0.15, 0.2) is 78.2 Å². The van der Waals surface area contributed by atoms with E-state index in [2.05, 4.69) is 20.5 Å². The monoisotopic (exact) mass is 460 g/mol. The van der Waals surface area contributed by atoms with Crippen molar-refractivity contribution in [2.24, 2.45) is 0 Å². The molecule has 1 N–H and O–H groups in total. The molecule has 0 fully saturated rings. The van der Waals surface area contributed by atoms with E-state index in [0.717, 1.165) is 16.7 Å². The van der Waals surface area contributed by atoms with Gasteiger partial charge in [0.15, 0.2) is 11.0 Å². The third kappa shape index (κ3) is 5.42. The van der Waals surface area contributed by atoms with Gasteiger partial charge in [-0.2, -0.15) is 0 Å². The van der Waals surface area contributed by atoms with Gasteiger partial charge in [-0.15, -0.1) is 10.2 Å². The zero-order valence-electron chi connectivity index (χ0n) is 17.7. The van der Waals surface area contributed by atoms with Crippen LogP contribution in [0.25, 0.3) is 11.4 Å². The second-order valence-electron chi connectivity index (χ2n) is 7.23. The van der Waals surface area contributed by atoms with Gasteiger partial charge in [-0.25, -0.2) is 0 Å². The first-order valence-corrected chi connectivity index (χ1v) is 11.0. The number of nitro benzene ring substituents is 1. The summed E-state index contributed by atoms with van der Waals surface area (Å²) in [6, 6.07) is 18.3. The number of benzene rings is 2. The van der Waals surface area contributed by atoms with Gasteiger partial charge in [0.2, 0.25) is 5.91 Å². The average Bonchev–Trinajstić information content (AvgIpc) is 3.22. The van der Waals surface area contributed by atoms with Crippen molar-refractivity contribution in [3.63, 3.8) is 0 Å². The van der Waals surface area contributed by atoms with Crippen molar-refractivity contribution in [1.29, 1.82) is 0 Å². The molecule has 0 saturated heterocycles. The van der Waals surface area contributed by atoms with Crippen LogP contribution in [0.3, 0.4) is 0 Å². The third-order valence-corrected chi connectivity index (χ3v) is 5.74. The normalized spacial score (nSPS) is 10.7. The average molecular weight is 461 g/mol. The first-order chi connectivity index (χ1) is 16.0. The zero-order chi connectivity index (χ0) is 23.2. The number of carbonyl (C=O) groups is 1. The molecule has 0 bridgehead atoms. The van der Waals surface area contributed by atoms with Crippen molar-refractivity contribution in [1.82, 2.24) is 19.7 Å². The summed E-state index contributed by atoms with van der Waals surface area (Å²) in [6.07, 6.45) is 3.40. The SMILES string of the molecule is Cc1ccc(NC(=O)CSc2nnc(-c3cccnc3)n2Cc2ccccc2)c([N+](=O)[O-])c1. The standard InChI is InChI=1S/C23H20N6O3S/c1-16-9-10-19(20(12-16)29(31)32)25-21(30)15-33-23-27-26-22(18-8-5-11-24-13-18)28(23)14-17-6-3-2-4-7-17/h2-13H,14-15H2,1H3,(H,25,30). The molecule has 9 nitrogen and oxygen atoms in total. The molecule has 0 aliphatic heterocycles. The maximum absolute atomic E-state index is 12.6. The summed E-state index contributed by atoms with van der Waals surface area (Å²) in [6.45, 7) is 2.28. The highest BCUT2D eigenvalue weighted by molar-refractivity contribution is 7.99. The van der Waals surface area contributed by atoms with Crippen LogP contribution in [-0.2, 0) is 11.3 Å². The molecule has 4 aromatic rings. The van der Waals surface area contributed by atoms with Crippen LogP contribution >= 0.6 is 11.8 Å². The molecule has 2 heterocycles. The van der Waals surface area contributed by atoms with Gasteiger partial charge >= 0.3 is 0 Å². The smallest absolute Gasteiger partial charge is 0.293 e. The third-order valence-electron chi connectivity index (χ3n) is 4.78. The number of hydrogen-bond acceptors (Lipinski definition) is 7. The molecule has 0 atom stereocenters. The predicted molar refractivity (Wildman–Crippen MR) is 126 cm³/mol. The molecule has 0 unspecified atom stereocenters. The molecule has 0 saturated carbocycles. The highest BCUT2D eigenvalue weighted by Crippen LogP contribution is 2.27. The van der Waals surface area contributed by atoms with Crippen molar-refractivity contribution in [2.45, 2.75) is 18.6 Å². The predicted octanol–water partition coefficient (Wildman–Crippen LogP) is 4.34. The van der Waals surface area contributed by atoms with E-state index in [-0.39, 0.29) is 23.0 Å². The number of pyridine rings is 1. The first kappa shape index (κ1) is 22.2. The highest BCUT2D eigenvalue weighted by Gasteiger charge is 2.19. The Labute approximate surface area is 194 Å². The van der Waals surface area contributed by atoms with Crippen molar-refractivity contribution in [2.75, 3.05) is 11.1 Å². The summed E-state index contributed by atoms with van der Waals surface area (Å²) in [7, 11) is 0. The van der Waals surface area contributed by atoms with E-state index in [1.807, 2.05) is 47.0 Å². The van der Waals surface area contributed by atoms with Gasteiger partial charge in [0.25, 0.3) is 5.69 Å². The summed E-state index contributed by atoms with van der Waals surface area (Å²) >= 11 is 1.21. The number of carbonyl (C=O) groups excluding carboxylic acids is 1. The number of nitrogens with zero attached hydrogens (tertiary/aromatic N) is 5. The Balaban J connectivity index is 1.54. The molecule has 0 radical (unpaired) electrons. The van der Waals surface area contributed by atoms with Gasteiger partial charge in [-0.3, -0.25) is 24.5 Å². The molecule has 10 heteroatoms. The van der Waals surface area contributed by atoms with Gasteiger partial charge in [0.05, 0.1) is 17.2 Å². The van der Waals surface area contributed by atoms with Crippen LogP contribution in [0.4, 0.5) is 11.4 Å². The molecule has 166 valence electrons. The van der Waals surface area contributed by atoms with E-state index >= 15 is 0 Å². The van der Waals surface area contributed by atoms with E-state index in [0.29, 0.717) is 17.5 Å². The molecule has 2 aromatic carbocycles. The molecule has 0 aliphatic carbocycles. The fourth-order valence-electron chi connectivity index (χ4n) is 3.23. The van der Waals surface area contributed by atoms with E-state index in [4.69, 9.17) is 0 Å². The summed E-state index contributed by atoms with van der Waals surface area (Å²) in [5.41, 5.74) is 2.64.